The van der Waals surface area contributed by atoms with E-state index in [-0.39, 0.29) is 24.5 Å². The van der Waals surface area contributed by atoms with Crippen molar-refractivity contribution in [3.8, 4) is 0 Å². The molecule has 3 nitrogen and oxygen atoms in total. The van der Waals surface area contributed by atoms with Gasteiger partial charge < -0.3 is 10.0 Å². The number of nitrogens with zero attached hydrogens (tertiary/aromatic N) is 1. The van der Waals surface area contributed by atoms with E-state index in [1.54, 1.807) is 0 Å². The molecule has 1 atom stereocenters. The van der Waals surface area contributed by atoms with Crippen LogP contribution in [0.3, 0.4) is 0 Å². The van der Waals surface area contributed by atoms with Crippen molar-refractivity contribution in [3.63, 3.8) is 0 Å². The molecule has 0 heterocycles. The number of carbonyl (C=O) groups excluding carboxylic acids is 1. The van der Waals surface area contributed by atoms with Crippen molar-refractivity contribution in [2.75, 3.05) is 6.61 Å². The Morgan fingerprint density at radius 2 is 1.88 bits per heavy atom. The summed E-state index contributed by atoms with van der Waals surface area (Å²) in [6.07, 6.45) is 3.10. The van der Waals surface area contributed by atoms with Crippen molar-refractivity contribution in [2.24, 2.45) is 11.8 Å². The minimum Gasteiger partial charge on any atom is -0.394 e. The van der Waals surface area contributed by atoms with Gasteiger partial charge in [-0.1, -0.05) is 27.7 Å². The van der Waals surface area contributed by atoms with Crippen molar-refractivity contribution < 1.29 is 9.90 Å². The van der Waals surface area contributed by atoms with Crippen LogP contribution in [0.15, 0.2) is 0 Å². The van der Waals surface area contributed by atoms with Crippen LogP contribution in [-0.4, -0.2) is 34.6 Å². The average Bonchev–Trinajstić information content (AvgIpc) is 2.99. The third-order valence-corrected chi connectivity index (χ3v) is 3.04. The second kappa shape index (κ2) is 5.67. The van der Waals surface area contributed by atoms with E-state index in [1.807, 2.05) is 18.7 Å². The fraction of sp³-hybridized carbons (Fsp3) is 0.923. The average molecular weight is 227 g/mol. The summed E-state index contributed by atoms with van der Waals surface area (Å²) < 4.78 is 0. The first kappa shape index (κ1) is 13.5. The standard InChI is InChI=1S/C13H25NO2/c1-9(2)7-12(8-15)14(11-5-6-11)13(16)10(3)4/h9-12,15H,5-8H2,1-4H3/t12-/m0/s1. The second-order valence-corrected chi connectivity index (χ2v) is 5.60. The molecule has 0 saturated heterocycles. The molecule has 1 saturated carbocycles. The summed E-state index contributed by atoms with van der Waals surface area (Å²) in [5.74, 6) is 0.738. The molecule has 1 amide bonds. The lowest BCUT2D eigenvalue weighted by Gasteiger charge is -2.33. The fourth-order valence-corrected chi connectivity index (χ4v) is 2.13. The molecular weight excluding hydrogens is 202 g/mol. The van der Waals surface area contributed by atoms with Crippen LogP contribution in [0.1, 0.15) is 47.0 Å². The largest absolute Gasteiger partial charge is 0.394 e. The first-order valence-corrected chi connectivity index (χ1v) is 6.40. The molecule has 94 valence electrons. The Labute approximate surface area is 98.8 Å². The monoisotopic (exact) mass is 227 g/mol. The SMILES string of the molecule is CC(C)C[C@@H](CO)N(C(=O)C(C)C)C1CC1. The van der Waals surface area contributed by atoms with Gasteiger partial charge in [-0.2, -0.15) is 0 Å². The highest BCUT2D eigenvalue weighted by Crippen LogP contribution is 2.31. The van der Waals surface area contributed by atoms with E-state index in [1.165, 1.54) is 0 Å². The Morgan fingerprint density at radius 3 is 2.19 bits per heavy atom. The Balaban J connectivity index is 2.70. The van der Waals surface area contributed by atoms with E-state index < -0.39 is 0 Å². The van der Waals surface area contributed by atoms with E-state index in [2.05, 4.69) is 13.8 Å². The van der Waals surface area contributed by atoms with Gasteiger partial charge >= 0.3 is 0 Å². The molecule has 0 aromatic heterocycles. The minimum absolute atomic E-state index is 0.0161. The Bertz CT molecular complexity index is 234. The van der Waals surface area contributed by atoms with E-state index in [0.29, 0.717) is 12.0 Å². The summed E-state index contributed by atoms with van der Waals surface area (Å²) in [7, 11) is 0. The molecule has 0 aromatic rings. The molecule has 0 aromatic carbocycles. The van der Waals surface area contributed by atoms with E-state index >= 15 is 0 Å². The topological polar surface area (TPSA) is 40.5 Å². The molecule has 16 heavy (non-hydrogen) atoms. The summed E-state index contributed by atoms with van der Waals surface area (Å²) in [6.45, 7) is 8.22. The van der Waals surface area contributed by atoms with Crippen molar-refractivity contribution >= 4 is 5.91 Å². The number of aliphatic hydroxyl groups is 1. The highest BCUT2D eigenvalue weighted by molar-refractivity contribution is 5.79. The lowest BCUT2D eigenvalue weighted by molar-refractivity contribution is -0.138. The molecule has 0 bridgehead atoms. The number of rotatable bonds is 6. The zero-order chi connectivity index (χ0) is 12.3. The Kier molecular flexibility index (Phi) is 4.78. The van der Waals surface area contributed by atoms with E-state index in [0.717, 1.165) is 19.3 Å². The third-order valence-electron chi connectivity index (χ3n) is 3.04. The van der Waals surface area contributed by atoms with Gasteiger partial charge in [0.1, 0.15) is 0 Å². The van der Waals surface area contributed by atoms with Gasteiger partial charge in [-0.05, 0) is 25.2 Å². The van der Waals surface area contributed by atoms with Gasteiger partial charge in [0.15, 0.2) is 0 Å². The third kappa shape index (κ3) is 3.48. The van der Waals surface area contributed by atoms with Crippen molar-refractivity contribution in [3.05, 3.63) is 0 Å². The van der Waals surface area contributed by atoms with Gasteiger partial charge in [-0.3, -0.25) is 4.79 Å². The zero-order valence-corrected chi connectivity index (χ0v) is 10.9. The smallest absolute Gasteiger partial charge is 0.225 e. The molecule has 1 N–H and O–H groups in total. The van der Waals surface area contributed by atoms with Crippen molar-refractivity contribution in [2.45, 2.75) is 59.0 Å². The summed E-state index contributed by atoms with van der Waals surface area (Å²) in [6, 6.07) is 0.410. The van der Waals surface area contributed by atoms with Crippen LogP contribution in [0.4, 0.5) is 0 Å². The molecule has 1 fully saturated rings. The quantitative estimate of drug-likeness (QED) is 0.754. The molecule has 0 spiro atoms. The van der Waals surface area contributed by atoms with Crippen molar-refractivity contribution in [1.29, 1.82) is 0 Å². The van der Waals surface area contributed by atoms with Gasteiger partial charge in [0.25, 0.3) is 0 Å². The van der Waals surface area contributed by atoms with Gasteiger partial charge in [0.05, 0.1) is 12.6 Å². The highest BCUT2D eigenvalue weighted by Gasteiger charge is 2.37. The number of hydrogen-bond acceptors (Lipinski definition) is 2. The Morgan fingerprint density at radius 1 is 1.31 bits per heavy atom. The summed E-state index contributed by atoms with van der Waals surface area (Å²) in [5, 5.41) is 9.46. The normalized spacial score (nSPS) is 17.9. The van der Waals surface area contributed by atoms with Crippen LogP contribution >= 0.6 is 0 Å². The summed E-state index contributed by atoms with van der Waals surface area (Å²) >= 11 is 0. The fourth-order valence-electron chi connectivity index (χ4n) is 2.13. The predicted octanol–water partition coefficient (Wildman–Crippen LogP) is 2.04. The van der Waals surface area contributed by atoms with Gasteiger partial charge in [-0.15, -0.1) is 0 Å². The Hall–Kier alpha value is -0.570. The first-order chi connectivity index (χ1) is 7.47. The molecule has 1 aliphatic rings. The van der Waals surface area contributed by atoms with Crippen LogP contribution < -0.4 is 0 Å². The molecule has 3 heteroatoms. The van der Waals surface area contributed by atoms with Crippen LogP contribution in [0.25, 0.3) is 0 Å². The maximum absolute atomic E-state index is 12.1. The number of hydrogen-bond donors (Lipinski definition) is 1. The maximum atomic E-state index is 12.1. The summed E-state index contributed by atoms with van der Waals surface area (Å²) in [5.41, 5.74) is 0. The first-order valence-electron chi connectivity index (χ1n) is 6.40. The lowest BCUT2D eigenvalue weighted by Crippen LogP contribution is -2.46. The maximum Gasteiger partial charge on any atom is 0.225 e. The molecule has 0 unspecified atom stereocenters. The number of carbonyl (C=O) groups is 1. The molecule has 1 rings (SSSR count). The van der Waals surface area contributed by atoms with Crippen LogP contribution in [0.2, 0.25) is 0 Å². The zero-order valence-electron chi connectivity index (χ0n) is 10.9. The van der Waals surface area contributed by atoms with Crippen LogP contribution in [0, 0.1) is 11.8 Å². The lowest BCUT2D eigenvalue weighted by atomic mass is 10.0. The number of aliphatic hydroxyl groups excluding tert-OH is 1. The van der Waals surface area contributed by atoms with Gasteiger partial charge in [0, 0.05) is 12.0 Å². The van der Waals surface area contributed by atoms with Crippen LogP contribution in [0.5, 0.6) is 0 Å². The highest BCUT2D eigenvalue weighted by atomic mass is 16.3. The molecule has 0 radical (unpaired) electrons. The molecule has 1 aliphatic carbocycles. The van der Waals surface area contributed by atoms with Gasteiger partial charge in [0.2, 0.25) is 5.91 Å². The minimum atomic E-state index is 0.0161. The van der Waals surface area contributed by atoms with Crippen LogP contribution in [-0.2, 0) is 4.79 Å². The second-order valence-electron chi connectivity index (χ2n) is 5.60. The van der Waals surface area contributed by atoms with Crippen molar-refractivity contribution in [1.82, 2.24) is 4.90 Å². The predicted molar refractivity (Wildman–Crippen MR) is 65.0 cm³/mol. The molecule has 0 aliphatic heterocycles. The number of amides is 1. The summed E-state index contributed by atoms with van der Waals surface area (Å²) in [4.78, 5) is 14.1. The van der Waals surface area contributed by atoms with E-state index in [9.17, 15) is 9.90 Å². The van der Waals surface area contributed by atoms with E-state index in [4.69, 9.17) is 0 Å². The van der Waals surface area contributed by atoms with Gasteiger partial charge in [-0.25, -0.2) is 0 Å². The molecular formula is C13H25NO2.